The van der Waals surface area contributed by atoms with Crippen molar-refractivity contribution in [3.8, 4) is 17.1 Å². The molecule has 0 bridgehead atoms. The topological polar surface area (TPSA) is 79.6 Å². The molecule has 26 heavy (non-hydrogen) atoms. The van der Waals surface area contributed by atoms with E-state index < -0.39 is 17.5 Å². The first-order chi connectivity index (χ1) is 12.3. The maximum atomic E-state index is 13.0. The van der Waals surface area contributed by atoms with E-state index in [0.29, 0.717) is 21.6 Å². The van der Waals surface area contributed by atoms with Gasteiger partial charge in [0.1, 0.15) is 11.7 Å². The number of carboxylic acid groups (broad SMARTS) is 1. The highest BCUT2D eigenvalue weighted by atomic mass is 35.5. The van der Waals surface area contributed by atoms with Gasteiger partial charge in [-0.1, -0.05) is 11.6 Å². The lowest BCUT2D eigenvalue weighted by molar-refractivity contribution is -0.312. The van der Waals surface area contributed by atoms with Crippen LogP contribution in [0.15, 0.2) is 45.6 Å². The predicted molar refractivity (Wildman–Crippen MR) is 97.5 cm³/mol. The molecule has 0 aliphatic carbocycles. The van der Waals surface area contributed by atoms with Gasteiger partial charge in [-0.3, -0.25) is 4.79 Å². The number of carboxylic acids is 1. The van der Waals surface area contributed by atoms with E-state index >= 15 is 0 Å². The van der Waals surface area contributed by atoms with Gasteiger partial charge >= 0.3 is 0 Å². The Bertz CT molecular complexity index is 1050. The SMILES string of the molecule is Cc1cc2oc(-c3ccc(Cl)cc3)c(O[C@H](C)C(=O)[O-])c(=O)c2cc1C. The second kappa shape index (κ2) is 6.84. The molecule has 3 aromatic rings. The van der Waals surface area contributed by atoms with E-state index in [-0.39, 0.29) is 11.5 Å². The third-order valence-corrected chi connectivity index (χ3v) is 4.45. The highest BCUT2D eigenvalue weighted by molar-refractivity contribution is 6.30. The summed E-state index contributed by atoms with van der Waals surface area (Å²) in [5.41, 5.74) is 2.40. The van der Waals surface area contributed by atoms with Crippen molar-refractivity contribution in [2.24, 2.45) is 0 Å². The zero-order chi connectivity index (χ0) is 19.0. The lowest BCUT2D eigenvalue weighted by Gasteiger charge is -2.18. The highest BCUT2D eigenvalue weighted by Gasteiger charge is 2.20. The molecule has 134 valence electrons. The summed E-state index contributed by atoms with van der Waals surface area (Å²) >= 11 is 5.92. The van der Waals surface area contributed by atoms with E-state index in [4.69, 9.17) is 20.8 Å². The van der Waals surface area contributed by atoms with Crippen LogP contribution >= 0.6 is 11.6 Å². The molecule has 2 aromatic carbocycles. The summed E-state index contributed by atoms with van der Waals surface area (Å²) < 4.78 is 11.3. The van der Waals surface area contributed by atoms with Gasteiger partial charge in [0.05, 0.1) is 11.4 Å². The summed E-state index contributed by atoms with van der Waals surface area (Å²) in [6, 6.07) is 10.1. The Labute approximate surface area is 154 Å². The van der Waals surface area contributed by atoms with Crippen molar-refractivity contribution in [2.75, 3.05) is 0 Å². The molecule has 0 saturated heterocycles. The molecule has 3 rings (SSSR count). The Morgan fingerprint density at radius 3 is 2.38 bits per heavy atom. The fraction of sp³-hybridized carbons (Fsp3) is 0.200. The Morgan fingerprint density at radius 2 is 1.77 bits per heavy atom. The molecule has 0 radical (unpaired) electrons. The van der Waals surface area contributed by atoms with E-state index in [1.54, 1.807) is 36.4 Å². The van der Waals surface area contributed by atoms with Gasteiger partial charge in [-0.15, -0.1) is 0 Å². The van der Waals surface area contributed by atoms with Crippen LogP contribution in [0.1, 0.15) is 18.1 Å². The van der Waals surface area contributed by atoms with Crippen LogP contribution in [0.2, 0.25) is 5.02 Å². The first kappa shape index (κ1) is 18.0. The van der Waals surface area contributed by atoms with Crippen LogP contribution in [-0.2, 0) is 4.79 Å². The van der Waals surface area contributed by atoms with Crippen LogP contribution in [0.4, 0.5) is 0 Å². The summed E-state index contributed by atoms with van der Waals surface area (Å²) in [6.07, 6.45) is -1.31. The molecule has 0 aliphatic heterocycles. The van der Waals surface area contributed by atoms with Crippen LogP contribution in [0.25, 0.3) is 22.3 Å². The van der Waals surface area contributed by atoms with Crippen molar-refractivity contribution in [2.45, 2.75) is 26.9 Å². The minimum atomic E-state index is -1.42. The van der Waals surface area contributed by atoms with Crippen LogP contribution in [0.3, 0.4) is 0 Å². The number of fused-ring (bicyclic) bond motifs is 1. The normalized spacial score (nSPS) is 12.2. The van der Waals surface area contributed by atoms with E-state index in [2.05, 4.69) is 0 Å². The molecule has 1 aromatic heterocycles. The monoisotopic (exact) mass is 371 g/mol. The predicted octanol–water partition coefficient (Wildman–Crippen LogP) is 3.25. The number of carbonyl (C=O) groups excluding carboxylic acids is 1. The van der Waals surface area contributed by atoms with Gasteiger partial charge < -0.3 is 19.1 Å². The molecular formula is C20H16ClO5-. The fourth-order valence-electron chi connectivity index (χ4n) is 2.56. The first-order valence-corrected chi connectivity index (χ1v) is 8.37. The van der Waals surface area contributed by atoms with Gasteiger partial charge in [-0.25, -0.2) is 0 Å². The van der Waals surface area contributed by atoms with E-state index in [1.807, 2.05) is 13.8 Å². The van der Waals surface area contributed by atoms with E-state index in [1.165, 1.54) is 6.92 Å². The number of rotatable bonds is 4. The summed E-state index contributed by atoms with van der Waals surface area (Å²) in [5, 5.41) is 11.9. The number of aryl methyl sites for hydroxylation is 2. The van der Waals surface area contributed by atoms with Gasteiger partial charge in [0, 0.05) is 10.6 Å². The summed E-state index contributed by atoms with van der Waals surface area (Å²) in [7, 11) is 0. The Hall–Kier alpha value is -2.79. The molecule has 1 heterocycles. The van der Waals surface area contributed by atoms with Gasteiger partial charge in [0.15, 0.2) is 5.76 Å². The molecule has 0 fully saturated rings. The van der Waals surface area contributed by atoms with E-state index in [9.17, 15) is 14.7 Å². The molecule has 1 atom stereocenters. The zero-order valence-corrected chi connectivity index (χ0v) is 15.2. The quantitative estimate of drug-likeness (QED) is 0.703. The van der Waals surface area contributed by atoms with Crippen LogP contribution in [0.5, 0.6) is 5.75 Å². The van der Waals surface area contributed by atoms with Gasteiger partial charge in [0.25, 0.3) is 0 Å². The third kappa shape index (κ3) is 3.30. The second-order valence-electron chi connectivity index (χ2n) is 6.11. The maximum absolute atomic E-state index is 13.0. The smallest absolute Gasteiger partial charge is 0.235 e. The summed E-state index contributed by atoms with van der Waals surface area (Å²) in [4.78, 5) is 24.1. The number of carbonyl (C=O) groups is 1. The van der Waals surface area contributed by atoms with Crippen molar-refractivity contribution < 1.29 is 19.1 Å². The molecular weight excluding hydrogens is 356 g/mol. The lowest BCUT2D eigenvalue weighted by atomic mass is 10.0. The molecule has 0 amide bonds. The number of aliphatic carboxylic acids is 1. The standard InChI is InChI=1S/C20H17ClO5/c1-10-8-15-16(9-11(10)2)26-18(13-4-6-14(21)7-5-13)19(17(15)22)25-12(3)20(23)24/h4-9,12H,1-3H3,(H,23,24)/p-1/t12-/m1/s1. The van der Waals surface area contributed by atoms with Gasteiger partial charge in [-0.2, -0.15) is 0 Å². The Kier molecular flexibility index (Phi) is 4.74. The van der Waals surface area contributed by atoms with Crippen LogP contribution in [0, 0.1) is 13.8 Å². The van der Waals surface area contributed by atoms with Crippen molar-refractivity contribution >= 4 is 28.5 Å². The largest absolute Gasteiger partial charge is 0.546 e. The molecule has 0 saturated carbocycles. The fourth-order valence-corrected chi connectivity index (χ4v) is 2.68. The maximum Gasteiger partial charge on any atom is 0.235 e. The minimum absolute atomic E-state index is 0.149. The Balaban J connectivity index is 2.32. The number of halogens is 1. The van der Waals surface area contributed by atoms with Crippen molar-refractivity contribution in [1.29, 1.82) is 0 Å². The average molecular weight is 372 g/mol. The van der Waals surface area contributed by atoms with Crippen LogP contribution in [-0.4, -0.2) is 12.1 Å². The van der Waals surface area contributed by atoms with Crippen LogP contribution < -0.4 is 15.3 Å². The van der Waals surface area contributed by atoms with Gasteiger partial charge in [-0.05, 0) is 68.3 Å². The van der Waals surface area contributed by atoms with Gasteiger partial charge in [0.2, 0.25) is 11.2 Å². The minimum Gasteiger partial charge on any atom is -0.546 e. The average Bonchev–Trinajstić information content (AvgIpc) is 2.59. The summed E-state index contributed by atoms with van der Waals surface area (Å²) in [5.74, 6) is -1.44. The zero-order valence-electron chi connectivity index (χ0n) is 14.5. The number of hydrogen-bond acceptors (Lipinski definition) is 5. The third-order valence-electron chi connectivity index (χ3n) is 4.20. The molecule has 5 nitrogen and oxygen atoms in total. The molecule has 0 N–H and O–H groups in total. The Morgan fingerprint density at radius 1 is 1.15 bits per heavy atom. The second-order valence-corrected chi connectivity index (χ2v) is 6.54. The molecule has 0 unspecified atom stereocenters. The molecule has 6 heteroatoms. The first-order valence-electron chi connectivity index (χ1n) is 7.99. The summed E-state index contributed by atoms with van der Waals surface area (Å²) in [6.45, 7) is 5.09. The molecule has 0 spiro atoms. The number of ether oxygens (including phenoxy) is 1. The number of hydrogen-bond donors (Lipinski definition) is 0. The molecule has 0 aliphatic rings. The highest BCUT2D eigenvalue weighted by Crippen LogP contribution is 2.33. The lowest BCUT2D eigenvalue weighted by Crippen LogP contribution is -2.38. The van der Waals surface area contributed by atoms with E-state index in [0.717, 1.165) is 11.1 Å². The van der Waals surface area contributed by atoms with Crippen molar-refractivity contribution in [1.82, 2.24) is 0 Å². The van der Waals surface area contributed by atoms with Crippen molar-refractivity contribution in [3.63, 3.8) is 0 Å². The number of benzene rings is 2. The van der Waals surface area contributed by atoms with Crippen molar-refractivity contribution in [3.05, 3.63) is 62.8 Å².